The lowest BCUT2D eigenvalue weighted by atomic mass is 9.95. The van der Waals surface area contributed by atoms with Gasteiger partial charge in [-0.3, -0.25) is 9.59 Å². The summed E-state index contributed by atoms with van der Waals surface area (Å²) in [7, 11) is 1.58. The van der Waals surface area contributed by atoms with Crippen molar-refractivity contribution in [3.05, 3.63) is 64.2 Å². The summed E-state index contributed by atoms with van der Waals surface area (Å²) in [6.45, 7) is 5.56. The maximum atomic E-state index is 13.1. The van der Waals surface area contributed by atoms with E-state index in [1.54, 1.807) is 49.6 Å². The highest BCUT2D eigenvalue weighted by Crippen LogP contribution is 2.42. The summed E-state index contributed by atoms with van der Waals surface area (Å²) < 4.78 is 16.7. The van der Waals surface area contributed by atoms with Gasteiger partial charge in [-0.25, -0.2) is 0 Å². The first-order valence-corrected chi connectivity index (χ1v) is 11.7. The second-order valence-corrected chi connectivity index (χ2v) is 8.27. The Bertz CT molecular complexity index is 1050. The highest BCUT2D eigenvalue weighted by Gasteiger charge is 2.46. The summed E-state index contributed by atoms with van der Waals surface area (Å²) in [6.07, 6.45) is 1.38. The van der Waals surface area contributed by atoms with Crippen LogP contribution in [0.15, 0.2) is 48.0 Å². The zero-order chi connectivity index (χ0) is 24.7. The lowest BCUT2D eigenvalue weighted by Crippen LogP contribution is -2.31. The molecular formula is C26H30ClNO6. The summed E-state index contributed by atoms with van der Waals surface area (Å²) >= 11 is 5.98. The molecule has 0 bridgehead atoms. The van der Waals surface area contributed by atoms with Gasteiger partial charge >= 0.3 is 0 Å². The quantitative estimate of drug-likeness (QED) is 0.208. The van der Waals surface area contributed by atoms with Gasteiger partial charge in [0.1, 0.15) is 5.76 Å². The fourth-order valence-electron chi connectivity index (χ4n) is 3.89. The number of benzene rings is 2. The number of aliphatic hydroxyl groups excluding tert-OH is 1. The van der Waals surface area contributed by atoms with E-state index < -0.39 is 17.7 Å². The van der Waals surface area contributed by atoms with E-state index in [1.165, 1.54) is 4.90 Å². The van der Waals surface area contributed by atoms with Gasteiger partial charge in [0.2, 0.25) is 0 Å². The number of amides is 1. The van der Waals surface area contributed by atoms with E-state index in [-0.39, 0.29) is 11.3 Å². The highest BCUT2D eigenvalue weighted by atomic mass is 35.5. The summed E-state index contributed by atoms with van der Waals surface area (Å²) in [4.78, 5) is 27.6. The Morgan fingerprint density at radius 3 is 2.41 bits per heavy atom. The molecule has 1 heterocycles. The van der Waals surface area contributed by atoms with E-state index in [2.05, 4.69) is 0 Å². The summed E-state index contributed by atoms with van der Waals surface area (Å²) in [5.41, 5.74) is 1.06. The fourth-order valence-corrected chi connectivity index (χ4v) is 4.02. The molecule has 0 aromatic heterocycles. The third-order valence-electron chi connectivity index (χ3n) is 5.45. The molecule has 1 N–H and O–H groups in total. The zero-order valence-electron chi connectivity index (χ0n) is 19.7. The lowest BCUT2D eigenvalue weighted by Gasteiger charge is -2.26. The van der Waals surface area contributed by atoms with Crippen molar-refractivity contribution >= 4 is 29.1 Å². The lowest BCUT2D eigenvalue weighted by molar-refractivity contribution is -0.140. The predicted molar refractivity (Wildman–Crippen MR) is 130 cm³/mol. The maximum Gasteiger partial charge on any atom is 0.295 e. The van der Waals surface area contributed by atoms with Crippen LogP contribution in [-0.2, 0) is 14.3 Å². The van der Waals surface area contributed by atoms with E-state index in [1.807, 2.05) is 13.8 Å². The number of halogens is 1. The number of hydrogen-bond donors (Lipinski definition) is 1. The maximum absolute atomic E-state index is 13.1. The first kappa shape index (κ1) is 25.6. The smallest absolute Gasteiger partial charge is 0.295 e. The fraction of sp³-hybridized carbons (Fsp3) is 0.385. The van der Waals surface area contributed by atoms with Gasteiger partial charge in [0.05, 0.1) is 24.8 Å². The number of aliphatic hydroxyl groups is 1. The van der Waals surface area contributed by atoms with Crippen LogP contribution in [0.4, 0.5) is 0 Å². The predicted octanol–water partition coefficient (Wildman–Crippen LogP) is 4.99. The number of likely N-dealkylation sites (tertiary alicyclic amines) is 1. The average Bonchev–Trinajstić information content (AvgIpc) is 3.08. The van der Waals surface area contributed by atoms with Gasteiger partial charge in [-0.15, -0.1) is 0 Å². The van der Waals surface area contributed by atoms with Crippen LogP contribution in [0.2, 0.25) is 5.02 Å². The van der Waals surface area contributed by atoms with Crippen LogP contribution in [0.1, 0.15) is 43.9 Å². The Balaban J connectivity index is 2.13. The Kier molecular flexibility index (Phi) is 8.96. The van der Waals surface area contributed by atoms with Crippen LogP contribution in [-0.4, -0.2) is 55.2 Å². The molecule has 3 rings (SSSR count). The third-order valence-corrected chi connectivity index (χ3v) is 5.70. The van der Waals surface area contributed by atoms with Crippen molar-refractivity contribution in [3.8, 4) is 11.5 Å². The first-order valence-electron chi connectivity index (χ1n) is 11.4. The minimum absolute atomic E-state index is 0.0226. The van der Waals surface area contributed by atoms with Gasteiger partial charge in [-0.1, -0.05) is 24.6 Å². The van der Waals surface area contributed by atoms with Crippen LogP contribution in [0, 0.1) is 0 Å². The molecule has 2 aromatic carbocycles. The largest absolute Gasteiger partial charge is 0.507 e. The molecule has 1 saturated heterocycles. The molecule has 1 atom stereocenters. The zero-order valence-corrected chi connectivity index (χ0v) is 20.4. The first-order chi connectivity index (χ1) is 16.4. The van der Waals surface area contributed by atoms with E-state index in [0.717, 1.165) is 6.42 Å². The summed E-state index contributed by atoms with van der Waals surface area (Å²) in [5.74, 6) is -0.553. The number of carbonyl (C=O) groups excluding carboxylic acids is 2. The minimum atomic E-state index is -0.785. The van der Waals surface area contributed by atoms with Gasteiger partial charge < -0.3 is 24.2 Å². The van der Waals surface area contributed by atoms with Crippen LogP contribution in [0.25, 0.3) is 5.76 Å². The van der Waals surface area contributed by atoms with Crippen LogP contribution < -0.4 is 9.47 Å². The van der Waals surface area contributed by atoms with Gasteiger partial charge in [0.15, 0.2) is 11.5 Å². The Hall–Kier alpha value is -3.03. The standard InChI is InChI=1S/C26H30ClNO6/c1-4-14-34-20-12-9-18(16-21(20)33-5-2)23-22(24(29)17-7-10-19(27)11-8-17)25(30)26(31)28(23)13-6-15-32-3/h7-12,16,23,29H,4-6,13-15H2,1-3H3. The van der Waals surface area contributed by atoms with Crippen molar-refractivity contribution in [3.63, 3.8) is 0 Å². The number of ketones is 1. The van der Waals surface area contributed by atoms with Crippen molar-refractivity contribution < 1.29 is 28.9 Å². The second kappa shape index (κ2) is 11.9. The molecular weight excluding hydrogens is 458 g/mol. The number of methoxy groups -OCH3 is 1. The minimum Gasteiger partial charge on any atom is -0.507 e. The van der Waals surface area contributed by atoms with Gasteiger partial charge in [0, 0.05) is 30.8 Å². The van der Waals surface area contributed by atoms with Gasteiger partial charge in [0.25, 0.3) is 11.7 Å². The van der Waals surface area contributed by atoms with Crippen molar-refractivity contribution in [1.82, 2.24) is 4.90 Å². The Labute approximate surface area is 204 Å². The monoisotopic (exact) mass is 487 g/mol. The summed E-state index contributed by atoms with van der Waals surface area (Å²) in [6, 6.07) is 11.0. The number of nitrogens with zero attached hydrogens (tertiary/aromatic N) is 1. The SMILES string of the molecule is CCCOc1ccc(C2C(=C(O)c3ccc(Cl)cc3)C(=O)C(=O)N2CCCOC)cc1OCC. The number of hydrogen-bond acceptors (Lipinski definition) is 6. The molecule has 1 amide bonds. The van der Waals surface area contributed by atoms with Crippen molar-refractivity contribution in [2.45, 2.75) is 32.7 Å². The van der Waals surface area contributed by atoms with E-state index in [0.29, 0.717) is 60.4 Å². The highest BCUT2D eigenvalue weighted by molar-refractivity contribution is 6.46. The van der Waals surface area contributed by atoms with Gasteiger partial charge in [-0.05, 0) is 61.7 Å². The van der Waals surface area contributed by atoms with E-state index in [9.17, 15) is 14.7 Å². The molecule has 1 aliphatic rings. The Morgan fingerprint density at radius 1 is 1.03 bits per heavy atom. The molecule has 34 heavy (non-hydrogen) atoms. The van der Waals surface area contributed by atoms with Gasteiger partial charge in [-0.2, -0.15) is 0 Å². The van der Waals surface area contributed by atoms with E-state index in [4.69, 9.17) is 25.8 Å². The molecule has 182 valence electrons. The third kappa shape index (κ3) is 5.54. The molecule has 1 aliphatic heterocycles. The molecule has 8 heteroatoms. The van der Waals surface area contributed by atoms with Crippen LogP contribution in [0.3, 0.4) is 0 Å². The van der Waals surface area contributed by atoms with Crippen LogP contribution in [0.5, 0.6) is 11.5 Å². The number of Topliss-reactive ketones (excluding diaryl/α,β-unsaturated/α-hetero) is 1. The molecule has 1 fully saturated rings. The second-order valence-electron chi connectivity index (χ2n) is 7.83. The van der Waals surface area contributed by atoms with Crippen molar-refractivity contribution in [2.24, 2.45) is 0 Å². The van der Waals surface area contributed by atoms with Crippen molar-refractivity contribution in [2.75, 3.05) is 33.5 Å². The van der Waals surface area contributed by atoms with Crippen LogP contribution >= 0.6 is 11.6 Å². The normalized spacial score (nSPS) is 17.3. The van der Waals surface area contributed by atoms with E-state index >= 15 is 0 Å². The van der Waals surface area contributed by atoms with Crippen molar-refractivity contribution in [1.29, 1.82) is 0 Å². The number of carbonyl (C=O) groups is 2. The molecule has 0 radical (unpaired) electrons. The number of rotatable bonds is 11. The molecule has 7 nitrogen and oxygen atoms in total. The molecule has 1 unspecified atom stereocenters. The Morgan fingerprint density at radius 2 is 1.76 bits per heavy atom. The summed E-state index contributed by atoms with van der Waals surface area (Å²) in [5, 5.41) is 11.6. The average molecular weight is 488 g/mol. The topological polar surface area (TPSA) is 85.3 Å². The molecule has 0 aliphatic carbocycles. The molecule has 0 spiro atoms. The molecule has 0 saturated carbocycles. The molecule has 2 aromatic rings. The number of ether oxygens (including phenoxy) is 3.